The first-order valence-electron chi connectivity index (χ1n) is 6.04. The fourth-order valence-corrected chi connectivity index (χ4v) is 4.11. The Balaban J connectivity index is 2.02. The van der Waals surface area contributed by atoms with Gasteiger partial charge in [0.2, 0.25) is 0 Å². The monoisotopic (exact) mass is 305 g/mol. The maximum absolute atomic E-state index is 9.34. The van der Waals surface area contributed by atoms with E-state index in [0.717, 1.165) is 30.6 Å². The summed E-state index contributed by atoms with van der Waals surface area (Å²) in [7, 11) is 0. The van der Waals surface area contributed by atoms with Gasteiger partial charge in [0.15, 0.2) is 0 Å². The molecule has 5 heteroatoms. The van der Waals surface area contributed by atoms with Crippen molar-refractivity contribution in [2.45, 2.75) is 41.4 Å². The van der Waals surface area contributed by atoms with E-state index in [-0.39, 0.29) is 6.61 Å². The van der Waals surface area contributed by atoms with Crippen LogP contribution >= 0.6 is 35.0 Å². The van der Waals surface area contributed by atoms with Gasteiger partial charge in [0.25, 0.3) is 0 Å². The second-order valence-electron chi connectivity index (χ2n) is 4.93. The van der Waals surface area contributed by atoms with E-state index in [0.29, 0.717) is 15.3 Å². The lowest BCUT2D eigenvalue weighted by molar-refractivity contribution is 0.159. The molecule has 1 aliphatic carbocycles. The summed E-state index contributed by atoms with van der Waals surface area (Å²) in [6.45, 7) is 0.0609. The van der Waals surface area contributed by atoms with Crippen LogP contribution in [-0.2, 0) is 0 Å². The molecule has 100 valence electrons. The summed E-state index contributed by atoms with van der Waals surface area (Å²) in [6, 6.07) is 5.68. The van der Waals surface area contributed by atoms with Gasteiger partial charge >= 0.3 is 0 Å². The normalized spacial score (nSPS) is 28.3. The number of thioether (sulfide) groups is 1. The third-order valence-electron chi connectivity index (χ3n) is 3.34. The number of nitrogens with two attached hydrogens (primary N) is 1. The Kier molecular flexibility index (Phi) is 4.84. The molecule has 0 amide bonds. The Morgan fingerprint density at radius 1 is 1.39 bits per heavy atom. The third-order valence-corrected chi connectivity index (χ3v) is 5.34. The van der Waals surface area contributed by atoms with Crippen molar-refractivity contribution >= 4 is 35.0 Å². The van der Waals surface area contributed by atoms with E-state index in [4.69, 9.17) is 28.9 Å². The van der Waals surface area contributed by atoms with Crippen molar-refractivity contribution in [2.24, 2.45) is 5.73 Å². The van der Waals surface area contributed by atoms with E-state index < -0.39 is 5.54 Å². The maximum Gasteiger partial charge on any atom is 0.0611 e. The number of benzene rings is 1. The first kappa shape index (κ1) is 14.5. The van der Waals surface area contributed by atoms with Crippen LogP contribution in [0, 0.1) is 0 Å². The number of hydrogen-bond donors (Lipinski definition) is 2. The van der Waals surface area contributed by atoms with E-state index in [2.05, 4.69) is 0 Å². The minimum atomic E-state index is -0.411. The van der Waals surface area contributed by atoms with Crippen LogP contribution in [0.25, 0.3) is 0 Å². The minimum absolute atomic E-state index is 0.0609. The molecule has 2 unspecified atom stereocenters. The zero-order chi connectivity index (χ0) is 13.2. The Bertz CT molecular complexity index is 429. The highest BCUT2D eigenvalue weighted by Gasteiger charge is 2.32. The molecule has 2 atom stereocenters. The average Bonchev–Trinajstić information content (AvgIpc) is 2.34. The molecule has 0 aliphatic heterocycles. The van der Waals surface area contributed by atoms with Crippen LogP contribution in [0.15, 0.2) is 23.1 Å². The molecule has 1 fully saturated rings. The summed E-state index contributed by atoms with van der Waals surface area (Å²) in [5.74, 6) is 0. The van der Waals surface area contributed by atoms with Gasteiger partial charge in [0.1, 0.15) is 0 Å². The van der Waals surface area contributed by atoms with Crippen LogP contribution in [0.4, 0.5) is 0 Å². The quantitative estimate of drug-likeness (QED) is 0.894. The molecule has 1 aliphatic rings. The molecule has 0 saturated heterocycles. The minimum Gasteiger partial charge on any atom is -0.394 e. The summed E-state index contributed by atoms with van der Waals surface area (Å²) in [4.78, 5) is 1.11. The van der Waals surface area contributed by atoms with Gasteiger partial charge in [-0.3, -0.25) is 0 Å². The van der Waals surface area contributed by atoms with E-state index >= 15 is 0 Å². The van der Waals surface area contributed by atoms with Crippen molar-refractivity contribution in [1.82, 2.24) is 0 Å². The van der Waals surface area contributed by atoms with Gasteiger partial charge in [-0.1, -0.05) is 29.6 Å². The highest BCUT2D eigenvalue weighted by Crippen LogP contribution is 2.38. The van der Waals surface area contributed by atoms with Crippen LogP contribution in [0.3, 0.4) is 0 Å². The number of halogens is 2. The highest BCUT2D eigenvalue weighted by atomic mass is 35.5. The molecule has 1 saturated carbocycles. The largest absolute Gasteiger partial charge is 0.394 e. The van der Waals surface area contributed by atoms with Crippen LogP contribution in [0.5, 0.6) is 0 Å². The Morgan fingerprint density at radius 3 is 2.83 bits per heavy atom. The van der Waals surface area contributed by atoms with Gasteiger partial charge < -0.3 is 10.8 Å². The number of rotatable bonds is 3. The summed E-state index contributed by atoms with van der Waals surface area (Å²) >= 11 is 13.7. The molecule has 0 radical (unpaired) electrons. The molecule has 0 heterocycles. The van der Waals surface area contributed by atoms with Gasteiger partial charge in [-0.25, -0.2) is 0 Å². The molecule has 1 aromatic rings. The van der Waals surface area contributed by atoms with Gasteiger partial charge in [-0.15, -0.1) is 11.8 Å². The molecule has 2 nitrogen and oxygen atoms in total. The van der Waals surface area contributed by atoms with Crippen LogP contribution in [0.1, 0.15) is 25.7 Å². The average molecular weight is 306 g/mol. The first-order chi connectivity index (χ1) is 8.52. The predicted octanol–water partition coefficient (Wildman–Crippen LogP) is 3.72. The molecule has 0 bridgehead atoms. The summed E-state index contributed by atoms with van der Waals surface area (Å²) in [5.41, 5.74) is 5.74. The predicted molar refractivity (Wildman–Crippen MR) is 78.6 cm³/mol. The molecule has 3 N–H and O–H groups in total. The number of aliphatic hydroxyl groups excluding tert-OH is 1. The highest BCUT2D eigenvalue weighted by molar-refractivity contribution is 8.00. The molecule has 0 spiro atoms. The second kappa shape index (κ2) is 6.02. The van der Waals surface area contributed by atoms with Crippen LogP contribution in [0.2, 0.25) is 10.0 Å². The van der Waals surface area contributed by atoms with Crippen LogP contribution < -0.4 is 5.73 Å². The molecule has 18 heavy (non-hydrogen) atoms. The van der Waals surface area contributed by atoms with Crippen molar-refractivity contribution in [2.75, 3.05) is 6.61 Å². The Labute approximate surface area is 122 Å². The topological polar surface area (TPSA) is 46.2 Å². The standard InChI is InChI=1S/C13H17Cl2NOS/c14-11-4-3-9(6-12(11)15)18-10-2-1-5-13(16,7-10)8-17/h3-4,6,10,17H,1-2,5,7-8,16H2. The van der Waals surface area contributed by atoms with Crippen LogP contribution in [-0.4, -0.2) is 22.5 Å². The SMILES string of the molecule is NC1(CO)CCCC(Sc2ccc(Cl)c(Cl)c2)C1. The van der Waals surface area contributed by atoms with Crippen molar-refractivity contribution in [3.8, 4) is 0 Å². The fraction of sp³-hybridized carbons (Fsp3) is 0.538. The second-order valence-corrected chi connectivity index (χ2v) is 7.12. The van der Waals surface area contributed by atoms with Crippen molar-refractivity contribution in [1.29, 1.82) is 0 Å². The van der Waals surface area contributed by atoms with Gasteiger partial charge in [0.05, 0.1) is 16.7 Å². The summed E-state index contributed by atoms with van der Waals surface area (Å²) < 4.78 is 0. The fourth-order valence-electron chi connectivity index (χ4n) is 2.33. The van der Waals surface area contributed by atoms with E-state index in [9.17, 15) is 5.11 Å². The van der Waals surface area contributed by atoms with Gasteiger partial charge in [0, 0.05) is 15.7 Å². The smallest absolute Gasteiger partial charge is 0.0611 e. The van der Waals surface area contributed by atoms with E-state index in [1.165, 1.54) is 0 Å². The van der Waals surface area contributed by atoms with E-state index in [1.807, 2.05) is 18.2 Å². The number of aliphatic hydroxyl groups is 1. The molecular formula is C13H17Cl2NOS. The Hall–Kier alpha value is 0.0700. The lowest BCUT2D eigenvalue weighted by Gasteiger charge is -2.36. The molecule has 2 rings (SSSR count). The maximum atomic E-state index is 9.34. The van der Waals surface area contributed by atoms with E-state index in [1.54, 1.807) is 11.8 Å². The van der Waals surface area contributed by atoms with Crippen molar-refractivity contribution in [3.63, 3.8) is 0 Å². The summed E-state index contributed by atoms with van der Waals surface area (Å²) in [6.07, 6.45) is 3.94. The lowest BCUT2D eigenvalue weighted by Crippen LogP contribution is -2.48. The molecule has 0 aromatic heterocycles. The Morgan fingerprint density at radius 2 is 2.17 bits per heavy atom. The summed E-state index contributed by atoms with van der Waals surface area (Å²) in [5, 5.41) is 10.9. The van der Waals surface area contributed by atoms with Crippen molar-refractivity contribution in [3.05, 3.63) is 28.2 Å². The van der Waals surface area contributed by atoms with Gasteiger partial charge in [-0.05, 0) is 37.5 Å². The molecular weight excluding hydrogens is 289 g/mol. The van der Waals surface area contributed by atoms with Gasteiger partial charge in [-0.2, -0.15) is 0 Å². The zero-order valence-electron chi connectivity index (χ0n) is 10.0. The zero-order valence-corrected chi connectivity index (χ0v) is 12.4. The third kappa shape index (κ3) is 3.55. The first-order valence-corrected chi connectivity index (χ1v) is 7.67. The molecule has 1 aromatic carbocycles. The van der Waals surface area contributed by atoms with Crippen molar-refractivity contribution < 1.29 is 5.11 Å². The number of hydrogen-bond acceptors (Lipinski definition) is 3. The lowest BCUT2D eigenvalue weighted by atomic mass is 9.83.